The molecule has 106 valence electrons. The van der Waals surface area contributed by atoms with E-state index in [0.717, 1.165) is 6.92 Å². The summed E-state index contributed by atoms with van der Waals surface area (Å²) in [6.45, 7) is 1.01. The molecule has 1 aromatic carbocycles. The van der Waals surface area contributed by atoms with Crippen LogP contribution in [-0.4, -0.2) is 32.5 Å². The van der Waals surface area contributed by atoms with E-state index in [1.54, 1.807) is 12.1 Å². The van der Waals surface area contributed by atoms with Gasteiger partial charge in [-0.15, -0.1) is 0 Å². The van der Waals surface area contributed by atoms with Gasteiger partial charge in [-0.3, -0.25) is 14.6 Å². The highest BCUT2D eigenvalue weighted by atomic mass is 31.2. The number of nitrogens with two attached hydrogens (primary N) is 1. The van der Waals surface area contributed by atoms with Crippen molar-refractivity contribution in [2.45, 2.75) is 19.0 Å². The molecule has 8 heteroatoms. The van der Waals surface area contributed by atoms with Crippen LogP contribution in [0.3, 0.4) is 0 Å². The third-order valence-corrected chi connectivity index (χ3v) is 4.07. The average Bonchev–Trinajstić information content (AvgIpc) is 2.29. The van der Waals surface area contributed by atoms with Gasteiger partial charge in [-0.1, -0.05) is 12.1 Å². The van der Waals surface area contributed by atoms with Crippen molar-refractivity contribution in [3.63, 3.8) is 0 Å². The summed E-state index contributed by atoms with van der Waals surface area (Å²) in [5, 5.41) is 9.67. The number of nitrogen functional groups attached to an aromatic ring is 1. The Balaban J connectivity index is 2.88. The summed E-state index contributed by atoms with van der Waals surface area (Å²) in [5.74, 6) is -0.582. The van der Waals surface area contributed by atoms with Gasteiger partial charge >= 0.3 is 7.60 Å². The van der Waals surface area contributed by atoms with Gasteiger partial charge in [0, 0.05) is 19.2 Å². The van der Waals surface area contributed by atoms with E-state index in [1.165, 1.54) is 12.1 Å². The largest absolute Gasteiger partial charge is 0.399 e. The van der Waals surface area contributed by atoms with E-state index in [-0.39, 0.29) is 13.0 Å². The highest BCUT2D eigenvalue weighted by Gasteiger charge is 2.30. The van der Waals surface area contributed by atoms with Crippen molar-refractivity contribution in [3.05, 3.63) is 29.8 Å². The number of hydrogen-bond acceptors (Lipinski definition) is 4. The minimum absolute atomic E-state index is 0.0513. The van der Waals surface area contributed by atoms with Gasteiger partial charge in [0.2, 0.25) is 5.91 Å². The third kappa shape index (κ3) is 4.65. The Morgan fingerprint density at radius 3 is 2.32 bits per heavy atom. The number of nitrogens with zero attached hydrogens (tertiary/aromatic N) is 1. The van der Waals surface area contributed by atoms with Crippen LogP contribution in [0.2, 0.25) is 0 Å². The maximum atomic E-state index is 11.5. The van der Waals surface area contributed by atoms with Crippen LogP contribution in [0, 0.1) is 0 Å². The van der Waals surface area contributed by atoms with Crippen LogP contribution in [-0.2, 0) is 9.36 Å². The van der Waals surface area contributed by atoms with Crippen LogP contribution in [0.4, 0.5) is 5.69 Å². The molecule has 19 heavy (non-hydrogen) atoms. The van der Waals surface area contributed by atoms with Crippen LogP contribution in [0.5, 0.6) is 0 Å². The van der Waals surface area contributed by atoms with Gasteiger partial charge in [0.15, 0.2) is 0 Å². The molecular formula is C11H17N2O5P. The molecule has 7 nitrogen and oxygen atoms in total. The lowest BCUT2D eigenvalue weighted by molar-refractivity contribution is -0.162. The molecule has 0 radical (unpaired) electrons. The molecule has 0 spiro atoms. The lowest BCUT2D eigenvalue weighted by Gasteiger charge is -2.21. The first-order chi connectivity index (χ1) is 8.71. The normalized spacial score (nSPS) is 13.1. The Bertz CT molecular complexity index is 484. The molecule has 1 amide bonds. The first-order valence-electron chi connectivity index (χ1n) is 5.59. The van der Waals surface area contributed by atoms with Crippen molar-refractivity contribution >= 4 is 19.2 Å². The molecule has 0 heterocycles. The standard InChI is InChI=1S/C11H17N2O5P/c1-8(14)13(15)7-6-11(19(16,17)18)9-2-4-10(12)5-3-9/h2-5,11,15H,6-7,12H2,1H3,(H2,16,17,18). The van der Waals surface area contributed by atoms with E-state index in [9.17, 15) is 24.4 Å². The fraction of sp³-hybridized carbons (Fsp3) is 0.364. The second-order valence-corrected chi connectivity index (χ2v) is 6.00. The lowest BCUT2D eigenvalue weighted by atomic mass is 10.1. The zero-order valence-electron chi connectivity index (χ0n) is 10.4. The molecule has 0 fully saturated rings. The first kappa shape index (κ1) is 15.7. The van der Waals surface area contributed by atoms with Gasteiger partial charge in [-0.25, -0.2) is 5.06 Å². The lowest BCUT2D eigenvalue weighted by Crippen LogP contribution is -2.26. The molecule has 0 saturated heterocycles. The number of hydrogen-bond donors (Lipinski definition) is 4. The Morgan fingerprint density at radius 2 is 1.89 bits per heavy atom. The van der Waals surface area contributed by atoms with Crippen molar-refractivity contribution in [1.29, 1.82) is 0 Å². The summed E-state index contributed by atoms with van der Waals surface area (Å²) in [6, 6.07) is 6.13. The summed E-state index contributed by atoms with van der Waals surface area (Å²) < 4.78 is 11.5. The topological polar surface area (TPSA) is 124 Å². The first-order valence-corrected chi connectivity index (χ1v) is 7.27. The minimum Gasteiger partial charge on any atom is -0.399 e. The number of rotatable bonds is 5. The predicted octanol–water partition coefficient (Wildman–Crippen LogP) is 1.12. The van der Waals surface area contributed by atoms with Crippen LogP contribution in [0.1, 0.15) is 24.6 Å². The van der Waals surface area contributed by atoms with Gasteiger partial charge in [0.1, 0.15) is 0 Å². The molecule has 0 aliphatic rings. The molecule has 1 aromatic rings. The van der Waals surface area contributed by atoms with Gasteiger partial charge in [0.05, 0.1) is 5.66 Å². The Kier molecular flexibility index (Phi) is 5.08. The summed E-state index contributed by atoms with van der Waals surface area (Å²) in [7, 11) is -4.39. The molecule has 1 atom stereocenters. The van der Waals surface area contributed by atoms with Crippen LogP contribution >= 0.6 is 7.60 Å². The van der Waals surface area contributed by atoms with Gasteiger partial charge < -0.3 is 15.5 Å². The molecule has 0 saturated carbocycles. The molecule has 0 aliphatic carbocycles. The van der Waals surface area contributed by atoms with Crippen molar-refractivity contribution in [2.75, 3.05) is 12.3 Å². The number of anilines is 1. The molecular weight excluding hydrogens is 271 g/mol. The highest BCUT2D eigenvalue weighted by Crippen LogP contribution is 2.53. The number of carbonyl (C=O) groups excluding carboxylic acids is 1. The second-order valence-electron chi connectivity index (χ2n) is 4.20. The zero-order valence-corrected chi connectivity index (χ0v) is 11.3. The van der Waals surface area contributed by atoms with Gasteiger partial charge in [-0.2, -0.15) is 0 Å². The third-order valence-electron chi connectivity index (χ3n) is 2.71. The number of amides is 1. The monoisotopic (exact) mass is 288 g/mol. The van der Waals surface area contributed by atoms with Gasteiger partial charge in [-0.05, 0) is 24.1 Å². The Hall–Kier alpha value is -1.40. The molecule has 5 N–H and O–H groups in total. The average molecular weight is 288 g/mol. The van der Waals surface area contributed by atoms with Gasteiger partial charge in [0.25, 0.3) is 0 Å². The molecule has 1 unspecified atom stereocenters. The SMILES string of the molecule is CC(=O)N(O)CCC(c1ccc(N)cc1)P(=O)(O)O. The van der Waals surface area contributed by atoms with Crippen LogP contribution in [0.15, 0.2) is 24.3 Å². The van der Waals surface area contributed by atoms with E-state index < -0.39 is 19.2 Å². The van der Waals surface area contributed by atoms with Crippen LogP contribution < -0.4 is 5.73 Å². The maximum absolute atomic E-state index is 11.5. The molecule has 1 rings (SSSR count). The fourth-order valence-corrected chi connectivity index (χ4v) is 2.66. The van der Waals surface area contributed by atoms with E-state index in [0.29, 0.717) is 16.3 Å². The predicted molar refractivity (Wildman–Crippen MR) is 69.4 cm³/mol. The van der Waals surface area contributed by atoms with Crippen LogP contribution in [0.25, 0.3) is 0 Å². The summed E-state index contributed by atoms with van der Waals surface area (Å²) >= 11 is 0. The number of carbonyl (C=O) groups is 1. The van der Waals surface area contributed by atoms with E-state index in [1.807, 2.05) is 0 Å². The van der Waals surface area contributed by atoms with Crippen molar-refractivity contribution < 1.29 is 24.4 Å². The second kappa shape index (κ2) is 6.16. The number of hydroxylamine groups is 2. The van der Waals surface area contributed by atoms with Crippen molar-refractivity contribution in [1.82, 2.24) is 5.06 Å². The Morgan fingerprint density at radius 1 is 1.37 bits per heavy atom. The molecule has 0 aliphatic heterocycles. The van der Waals surface area contributed by atoms with E-state index in [4.69, 9.17) is 5.73 Å². The zero-order chi connectivity index (χ0) is 14.6. The Labute approximate surface area is 110 Å². The van der Waals surface area contributed by atoms with Crippen molar-refractivity contribution in [3.8, 4) is 0 Å². The fourth-order valence-electron chi connectivity index (χ4n) is 1.65. The highest BCUT2D eigenvalue weighted by molar-refractivity contribution is 7.52. The maximum Gasteiger partial charge on any atom is 0.333 e. The summed E-state index contributed by atoms with van der Waals surface area (Å²) in [4.78, 5) is 29.5. The van der Waals surface area contributed by atoms with Crippen molar-refractivity contribution in [2.24, 2.45) is 0 Å². The molecule has 0 aromatic heterocycles. The summed E-state index contributed by atoms with van der Waals surface area (Å²) in [6.07, 6.45) is -0.0513. The quantitative estimate of drug-likeness (QED) is 0.278. The number of benzene rings is 1. The van der Waals surface area contributed by atoms with E-state index >= 15 is 0 Å². The smallest absolute Gasteiger partial charge is 0.333 e. The summed E-state index contributed by atoms with van der Waals surface area (Å²) in [5.41, 5.74) is 5.33. The molecule has 0 bridgehead atoms. The van der Waals surface area contributed by atoms with E-state index in [2.05, 4.69) is 0 Å². The minimum atomic E-state index is -4.39.